The Hall–Kier alpha value is -3.94. The molecule has 1 heteroatoms. The van der Waals surface area contributed by atoms with Crippen molar-refractivity contribution in [2.24, 2.45) is 0 Å². The Kier molecular flexibility index (Phi) is 4.44. The molecule has 0 atom stereocenters. The average Bonchev–Trinajstić information content (AvgIpc) is 3.34. The van der Waals surface area contributed by atoms with Crippen LogP contribution >= 0.6 is 15.9 Å². The quantitative estimate of drug-likeness (QED) is 0.167. The van der Waals surface area contributed by atoms with Gasteiger partial charge >= 0.3 is 0 Å². The molecule has 2 aliphatic rings. The minimum Gasteiger partial charge on any atom is -0.0619 e. The average molecular weight is 590 g/mol. The highest BCUT2D eigenvalue weighted by Crippen LogP contribution is 2.55. The Morgan fingerprint density at radius 3 is 2.02 bits per heavy atom. The highest BCUT2D eigenvalue weighted by atomic mass is 79.9. The third kappa shape index (κ3) is 2.90. The zero-order valence-electron chi connectivity index (χ0n) is 23.7. The van der Waals surface area contributed by atoms with Crippen LogP contribution in [0.3, 0.4) is 0 Å². The standard InChI is InChI=1S/C40H29Br/c1-39(2)32-8-6-5-7-27(32)31-19-23(12-18-33(31)39)26-14-9-22-10-16-30-37-24(11-15-28(26)36(22)37)20-35-38(30)29-17-13-25(41)21-34(29)40(35,3)4/h5-21H,1-4H3. The van der Waals surface area contributed by atoms with Gasteiger partial charge < -0.3 is 0 Å². The van der Waals surface area contributed by atoms with Gasteiger partial charge in [0.05, 0.1) is 0 Å². The van der Waals surface area contributed by atoms with E-state index in [1.54, 1.807) is 0 Å². The predicted octanol–water partition coefficient (Wildman–Crippen LogP) is 11.6. The molecule has 196 valence electrons. The van der Waals surface area contributed by atoms with E-state index >= 15 is 0 Å². The summed E-state index contributed by atoms with van der Waals surface area (Å²) in [6, 6.07) is 39.4. The monoisotopic (exact) mass is 588 g/mol. The first-order valence-electron chi connectivity index (χ1n) is 14.6. The van der Waals surface area contributed by atoms with Crippen LogP contribution in [0.1, 0.15) is 49.9 Å². The minimum absolute atomic E-state index is 0.0210. The van der Waals surface area contributed by atoms with Crippen molar-refractivity contribution in [3.63, 3.8) is 0 Å². The van der Waals surface area contributed by atoms with Crippen LogP contribution < -0.4 is 0 Å². The van der Waals surface area contributed by atoms with E-state index in [1.165, 1.54) is 88.0 Å². The van der Waals surface area contributed by atoms with Gasteiger partial charge in [-0.15, -0.1) is 0 Å². The molecule has 2 aliphatic carbocycles. The molecule has 0 unspecified atom stereocenters. The highest BCUT2D eigenvalue weighted by Gasteiger charge is 2.38. The molecule has 0 N–H and O–H groups in total. The number of fused-ring (bicyclic) bond motifs is 7. The van der Waals surface area contributed by atoms with Crippen LogP contribution in [0.4, 0.5) is 0 Å². The van der Waals surface area contributed by atoms with E-state index in [2.05, 4.69) is 147 Å². The molecule has 0 saturated heterocycles. The third-order valence-corrected chi connectivity index (χ3v) is 10.8. The van der Waals surface area contributed by atoms with E-state index in [4.69, 9.17) is 0 Å². The molecule has 0 spiro atoms. The van der Waals surface area contributed by atoms with Gasteiger partial charge in [-0.05, 0) is 112 Å². The molecule has 7 aromatic carbocycles. The van der Waals surface area contributed by atoms with Crippen LogP contribution in [0.15, 0.2) is 108 Å². The Bertz CT molecular complexity index is 2260. The summed E-state index contributed by atoms with van der Waals surface area (Å²) in [5.74, 6) is 0. The second-order valence-electron chi connectivity index (χ2n) is 13.1. The van der Waals surface area contributed by atoms with E-state index in [0.29, 0.717) is 0 Å². The Labute approximate surface area is 249 Å². The second kappa shape index (κ2) is 7.66. The molecule has 0 amide bonds. The molecule has 0 radical (unpaired) electrons. The van der Waals surface area contributed by atoms with Gasteiger partial charge in [0.2, 0.25) is 0 Å². The maximum Gasteiger partial charge on any atom is 0.0178 e. The third-order valence-electron chi connectivity index (χ3n) is 10.3. The van der Waals surface area contributed by atoms with Crippen LogP contribution in [0.5, 0.6) is 0 Å². The van der Waals surface area contributed by atoms with Gasteiger partial charge in [0.25, 0.3) is 0 Å². The van der Waals surface area contributed by atoms with E-state index in [0.717, 1.165) is 4.47 Å². The molecular weight excluding hydrogens is 560 g/mol. The first kappa shape index (κ1) is 23.7. The summed E-state index contributed by atoms with van der Waals surface area (Å²) in [5, 5.41) is 8.11. The van der Waals surface area contributed by atoms with Crippen LogP contribution in [-0.2, 0) is 10.8 Å². The number of halogens is 1. The number of hydrogen-bond donors (Lipinski definition) is 0. The smallest absolute Gasteiger partial charge is 0.0178 e. The van der Waals surface area contributed by atoms with Crippen LogP contribution in [0.2, 0.25) is 0 Å². The molecule has 0 heterocycles. The van der Waals surface area contributed by atoms with Gasteiger partial charge in [-0.2, -0.15) is 0 Å². The lowest BCUT2D eigenvalue weighted by atomic mass is 9.80. The van der Waals surface area contributed by atoms with Gasteiger partial charge in [0, 0.05) is 15.3 Å². The molecule has 7 aromatic rings. The molecule has 0 saturated carbocycles. The van der Waals surface area contributed by atoms with Crippen LogP contribution in [0.25, 0.3) is 65.7 Å². The van der Waals surface area contributed by atoms with Crippen molar-refractivity contribution in [1.82, 2.24) is 0 Å². The van der Waals surface area contributed by atoms with Crippen molar-refractivity contribution >= 4 is 48.2 Å². The van der Waals surface area contributed by atoms with Crippen LogP contribution in [0, 0.1) is 0 Å². The van der Waals surface area contributed by atoms with E-state index < -0.39 is 0 Å². The Balaban J connectivity index is 1.33. The van der Waals surface area contributed by atoms with E-state index in [9.17, 15) is 0 Å². The topological polar surface area (TPSA) is 0 Å². The largest absolute Gasteiger partial charge is 0.0619 e. The normalized spacial score (nSPS) is 15.8. The molecule has 9 rings (SSSR count). The molecule has 0 aromatic heterocycles. The Morgan fingerprint density at radius 2 is 1.15 bits per heavy atom. The van der Waals surface area contributed by atoms with Gasteiger partial charge in [-0.3, -0.25) is 0 Å². The summed E-state index contributed by atoms with van der Waals surface area (Å²) >= 11 is 3.73. The predicted molar refractivity (Wildman–Crippen MR) is 178 cm³/mol. The molecular formula is C40H29Br. The maximum absolute atomic E-state index is 3.73. The molecule has 0 nitrogen and oxygen atoms in total. The zero-order chi connectivity index (χ0) is 27.8. The van der Waals surface area contributed by atoms with Gasteiger partial charge in [0.1, 0.15) is 0 Å². The fraction of sp³-hybridized carbons (Fsp3) is 0.150. The first-order chi connectivity index (χ1) is 19.7. The van der Waals surface area contributed by atoms with Crippen molar-refractivity contribution in [3.05, 3.63) is 130 Å². The summed E-state index contributed by atoms with van der Waals surface area (Å²) < 4.78 is 1.14. The lowest BCUT2D eigenvalue weighted by molar-refractivity contribution is 0.660. The molecule has 0 fully saturated rings. The zero-order valence-corrected chi connectivity index (χ0v) is 25.3. The van der Waals surface area contributed by atoms with Gasteiger partial charge in [0.15, 0.2) is 0 Å². The van der Waals surface area contributed by atoms with Gasteiger partial charge in [-0.25, -0.2) is 0 Å². The van der Waals surface area contributed by atoms with Crippen molar-refractivity contribution < 1.29 is 0 Å². The highest BCUT2D eigenvalue weighted by molar-refractivity contribution is 9.10. The molecule has 41 heavy (non-hydrogen) atoms. The molecule has 0 aliphatic heterocycles. The van der Waals surface area contributed by atoms with Crippen molar-refractivity contribution in [2.45, 2.75) is 38.5 Å². The number of rotatable bonds is 1. The SMILES string of the molecule is CC1(C)c2ccccc2-c2cc(-c3ccc4ccc5c6c(cc7ccc3c4c75)C(C)(C)c3cc(Br)ccc3-6)ccc21. The summed E-state index contributed by atoms with van der Waals surface area (Å²) in [6.07, 6.45) is 0. The van der Waals surface area contributed by atoms with Crippen molar-refractivity contribution in [2.75, 3.05) is 0 Å². The van der Waals surface area contributed by atoms with E-state index in [1.807, 2.05) is 0 Å². The summed E-state index contributed by atoms with van der Waals surface area (Å²) in [5.41, 5.74) is 13.8. The van der Waals surface area contributed by atoms with E-state index in [-0.39, 0.29) is 10.8 Å². The first-order valence-corrected chi connectivity index (χ1v) is 15.3. The Morgan fingerprint density at radius 1 is 0.463 bits per heavy atom. The number of hydrogen-bond acceptors (Lipinski definition) is 0. The van der Waals surface area contributed by atoms with Crippen LogP contribution in [-0.4, -0.2) is 0 Å². The lowest BCUT2D eigenvalue weighted by Gasteiger charge is -2.23. The lowest BCUT2D eigenvalue weighted by Crippen LogP contribution is -2.15. The second-order valence-corrected chi connectivity index (χ2v) is 14.0. The summed E-state index contributed by atoms with van der Waals surface area (Å²) in [7, 11) is 0. The molecule has 0 bridgehead atoms. The fourth-order valence-corrected chi connectivity index (χ4v) is 8.56. The number of benzene rings is 7. The van der Waals surface area contributed by atoms with Crippen molar-refractivity contribution in [3.8, 4) is 33.4 Å². The maximum atomic E-state index is 3.73. The summed E-state index contributed by atoms with van der Waals surface area (Å²) in [4.78, 5) is 0. The minimum atomic E-state index is -0.0431. The van der Waals surface area contributed by atoms with Crippen molar-refractivity contribution in [1.29, 1.82) is 0 Å². The van der Waals surface area contributed by atoms with Gasteiger partial charge in [-0.1, -0.05) is 122 Å². The summed E-state index contributed by atoms with van der Waals surface area (Å²) in [6.45, 7) is 9.44. The fourth-order valence-electron chi connectivity index (χ4n) is 8.20.